The third-order valence-electron chi connectivity index (χ3n) is 2.19. The zero-order valence-corrected chi connectivity index (χ0v) is 10.8. The van der Waals surface area contributed by atoms with Gasteiger partial charge in [-0.05, 0) is 32.4 Å². The van der Waals surface area contributed by atoms with Crippen LogP contribution < -0.4 is 0 Å². The minimum absolute atomic E-state index is 0.374. The van der Waals surface area contributed by atoms with Crippen LogP contribution in [0.4, 0.5) is 0 Å². The summed E-state index contributed by atoms with van der Waals surface area (Å²) < 4.78 is 5.84. The Morgan fingerprint density at radius 2 is 1.79 bits per heavy atom. The summed E-state index contributed by atoms with van der Waals surface area (Å²) in [5.41, 5.74) is 0.374. The molecule has 0 aliphatic rings. The van der Waals surface area contributed by atoms with E-state index < -0.39 is 0 Å². The topological polar surface area (TPSA) is 12.5 Å². The summed E-state index contributed by atoms with van der Waals surface area (Å²) in [7, 11) is 4.15. The molecule has 0 aliphatic heterocycles. The van der Waals surface area contributed by atoms with Crippen LogP contribution in [0.1, 0.15) is 40.5 Å². The van der Waals surface area contributed by atoms with Gasteiger partial charge in [-0.2, -0.15) is 0 Å². The first-order valence-corrected chi connectivity index (χ1v) is 5.61. The Hall–Kier alpha value is -0.0800. The number of ether oxygens (including phenoxy) is 1. The number of likely N-dealkylation sites (N-methyl/N-ethyl adjacent to an activating group) is 1. The largest absolute Gasteiger partial charge is 0.377 e. The molecular weight excluding hydrogens is 174 g/mol. The Kier molecular flexibility index (Phi) is 6.38. The SMILES string of the molecule is CC[C@@H](CC(C)(C)C)OCCN(C)C. The van der Waals surface area contributed by atoms with Gasteiger partial charge in [0.05, 0.1) is 12.7 Å². The molecule has 0 saturated carbocycles. The van der Waals surface area contributed by atoms with E-state index in [1.165, 1.54) is 0 Å². The highest BCUT2D eigenvalue weighted by atomic mass is 16.5. The zero-order chi connectivity index (χ0) is 11.2. The molecule has 86 valence electrons. The van der Waals surface area contributed by atoms with Gasteiger partial charge in [-0.1, -0.05) is 27.7 Å². The van der Waals surface area contributed by atoms with Crippen molar-refractivity contribution in [2.24, 2.45) is 5.41 Å². The molecule has 0 saturated heterocycles. The van der Waals surface area contributed by atoms with Gasteiger partial charge >= 0.3 is 0 Å². The first-order valence-electron chi connectivity index (χ1n) is 5.61. The van der Waals surface area contributed by atoms with Crippen LogP contribution in [0.15, 0.2) is 0 Å². The number of nitrogens with zero attached hydrogens (tertiary/aromatic N) is 1. The van der Waals surface area contributed by atoms with E-state index >= 15 is 0 Å². The standard InChI is InChI=1S/C12H27NO/c1-7-11(10-12(2,3)4)14-9-8-13(5)6/h11H,7-10H2,1-6H3/t11-/m0/s1. The molecule has 0 heterocycles. The van der Waals surface area contributed by atoms with Crippen LogP contribution in [0.25, 0.3) is 0 Å². The maximum atomic E-state index is 5.84. The Bertz CT molecular complexity index is 138. The summed E-state index contributed by atoms with van der Waals surface area (Å²) in [4.78, 5) is 2.16. The Morgan fingerprint density at radius 1 is 1.21 bits per heavy atom. The predicted molar refractivity (Wildman–Crippen MR) is 62.7 cm³/mol. The average molecular weight is 201 g/mol. The molecule has 1 atom stereocenters. The van der Waals surface area contributed by atoms with Gasteiger partial charge in [-0.3, -0.25) is 0 Å². The second-order valence-corrected chi connectivity index (χ2v) is 5.47. The Labute approximate surface area is 89.6 Å². The monoisotopic (exact) mass is 201 g/mol. The highest BCUT2D eigenvalue weighted by Crippen LogP contribution is 2.23. The summed E-state index contributed by atoms with van der Waals surface area (Å²) in [6.07, 6.45) is 2.69. The fraction of sp³-hybridized carbons (Fsp3) is 1.00. The molecule has 0 spiro atoms. The molecule has 2 nitrogen and oxygen atoms in total. The molecule has 0 radical (unpaired) electrons. The van der Waals surface area contributed by atoms with Gasteiger partial charge in [0.1, 0.15) is 0 Å². The summed E-state index contributed by atoms with van der Waals surface area (Å²) in [5, 5.41) is 0. The molecular formula is C12H27NO. The van der Waals surface area contributed by atoms with Crippen LogP contribution in [0, 0.1) is 5.41 Å². The van der Waals surface area contributed by atoms with Gasteiger partial charge in [-0.25, -0.2) is 0 Å². The van der Waals surface area contributed by atoms with Crippen molar-refractivity contribution >= 4 is 0 Å². The predicted octanol–water partition coefficient (Wildman–Crippen LogP) is 2.78. The third-order valence-corrected chi connectivity index (χ3v) is 2.19. The normalized spacial score (nSPS) is 14.8. The molecule has 0 fully saturated rings. The fourth-order valence-corrected chi connectivity index (χ4v) is 1.41. The summed E-state index contributed by atoms with van der Waals surface area (Å²) in [6, 6.07) is 0. The van der Waals surface area contributed by atoms with Crippen LogP contribution in [-0.4, -0.2) is 38.3 Å². The average Bonchev–Trinajstić information content (AvgIpc) is 1.99. The van der Waals surface area contributed by atoms with Crippen molar-refractivity contribution in [2.75, 3.05) is 27.2 Å². The summed E-state index contributed by atoms with van der Waals surface area (Å²) in [5.74, 6) is 0. The van der Waals surface area contributed by atoms with Crippen LogP contribution in [0.3, 0.4) is 0 Å². The van der Waals surface area contributed by atoms with Crippen molar-refractivity contribution in [3.8, 4) is 0 Å². The molecule has 0 N–H and O–H groups in total. The Morgan fingerprint density at radius 3 is 2.14 bits per heavy atom. The minimum atomic E-state index is 0.374. The fourth-order valence-electron chi connectivity index (χ4n) is 1.41. The molecule has 0 bridgehead atoms. The molecule has 0 aliphatic carbocycles. The van der Waals surface area contributed by atoms with Gasteiger partial charge in [0, 0.05) is 6.54 Å². The molecule has 0 unspecified atom stereocenters. The molecule has 14 heavy (non-hydrogen) atoms. The van der Waals surface area contributed by atoms with Crippen molar-refractivity contribution in [2.45, 2.75) is 46.6 Å². The van der Waals surface area contributed by atoms with Crippen molar-refractivity contribution in [1.29, 1.82) is 0 Å². The van der Waals surface area contributed by atoms with Crippen molar-refractivity contribution in [3.05, 3.63) is 0 Å². The Balaban J connectivity index is 3.69. The van der Waals surface area contributed by atoms with Crippen molar-refractivity contribution < 1.29 is 4.74 Å². The lowest BCUT2D eigenvalue weighted by Crippen LogP contribution is -2.25. The molecule has 0 aromatic rings. The smallest absolute Gasteiger partial charge is 0.0596 e. The molecule has 0 amide bonds. The van der Waals surface area contributed by atoms with Gasteiger partial charge < -0.3 is 9.64 Å². The van der Waals surface area contributed by atoms with Gasteiger partial charge in [0.25, 0.3) is 0 Å². The van der Waals surface area contributed by atoms with E-state index in [1.54, 1.807) is 0 Å². The van der Waals surface area contributed by atoms with E-state index in [0.29, 0.717) is 11.5 Å². The second kappa shape index (κ2) is 6.41. The highest BCUT2D eigenvalue weighted by Gasteiger charge is 2.17. The summed E-state index contributed by atoms with van der Waals surface area (Å²) >= 11 is 0. The number of hydrogen-bond donors (Lipinski definition) is 0. The van der Waals surface area contributed by atoms with Crippen molar-refractivity contribution in [1.82, 2.24) is 4.90 Å². The van der Waals surface area contributed by atoms with E-state index in [0.717, 1.165) is 26.0 Å². The van der Waals surface area contributed by atoms with E-state index in [1.807, 2.05) is 0 Å². The quantitative estimate of drug-likeness (QED) is 0.655. The van der Waals surface area contributed by atoms with Crippen LogP contribution in [-0.2, 0) is 4.74 Å². The number of hydrogen-bond acceptors (Lipinski definition) is 2. The summed E-state index contributed by atoms with van der Waals surface area (Å²) in [6.45, 7) is 10.9. The maximum absolute atomic E-state index is 5.84. The number of rotatable bonds is 6. The molecule has 0 rings (SSSR count). The van der Waals surface area contributed by atoms with Gasteiger partial charge in [-0.15, -0.1) is 0 Å². The lowest BCUT2D eigenvalue weighted by Gasteiger charge is -2.25. The van der Waals surface area contributed by atoms with E-state index in [2.05, 4.69) is 46.7 Å². The maximum Gasteiger partial charge on any atom is 0.0596 e. The van der Waals surface area contributed by atoms with E-state index in [9.17, 15) is 0 Å². The van der Waals surface area contributed by atoms with Gasteiger partial charge in [0.15, 0.2) is 0 Å². The zero-order valence-electron chi connectivity index (χ0n) is 10.8. The first-order chi connectivity index (χ1) is 6.35. The van der Waals surface area contributed by atoms with E-state index in [4.69, 9.17) is 4.74 Å². The second-order valence-electron chi connectivity index (χ2n) is 5.47. The lowest BCUT2D eigenvalue weighted by atomic mass is 9.88. The van der Waals surface area contributed by atoms with Crippen LogP contribution in [0.2, 0.25) is 0 Å². The van der Waals surface area contributed by atoms with Crippen LogP contribution >= 0.6 is 0 Å². The first kappa shape index (κ1) is 13.9. The lowest BCUT2D eigenvalue weighted by molar-refractivity contribution is 0.0170. The van der Waals surface area contributed by atoms with E-state index in [-0.39, 0.29) is 0 Å². The third kappa shape index (κ3) is 8.52. The minimum Gasteiger partial charge on any atom is -0.377 e. The van der Waals surface area contributed by atoms with Gasteiger partial charge in [0.2, 0.25) is 0 Å². The highest BCUT2D eigenvalue weighted by molar-refractivity contribution is 4.68. The van der Waals surface area contributed by atoms with Crippen LogP contribution in [0.5, 0.6) is 0 Å². The van der Waals surface area contributed by atoms with Crippen molar-refractivity contribution in [3.63, 3.8) is 0 Å². The molecule has 0 aromatic carbocycles. The molecule has 0 aromatic heterocycles. The molecule has 2 heteroatoms.